The Morgan fingerprint density at radius 2 is 1.67 bits per heavy atom. The lowest BCUT2D eigenvalue weighted by Crippen LogP contribution is -2.00. The number of benzene rings is 2. The van der Waals surface area contributed by atoms with Crippen LogP contribution in [0.4, 0.5) is 0 Å². The number of rotatable bonds is 4. The van der Waals surface area contributed by atoms with Crippen LogP contribution in [-0.2, 0) is 0 Å². The van der Waals surface area contributed by atoms with Crippen LogP contribution in [0.5, 0.6) is 0 Å². The van der Waals surface area contributed by atoms with E-state index in [0.717, 1.165) is 26.7 Å². The predicted octanol–water partition coefficient (Wildman–Crippen LogP) is 5.68. The van der Waals surface area contributed by atoms with Gasteiger partial charge >= 0.3 is 0 Å². The Balaban J connectivity index is 2.30. The highest BCUT2D eigenvalue weighted by Gasteiger charge is 2.08. The molecule has 106 valence electrons. The molecule has 21 heavy (non-hydrogen) atoms. The van der Waals surface area contributed by atoms with Crippen LogP contribution >= 0.6 is 15.9 Å². The van der Waals surface area contributed by atoms with Crippen molar-refractivity contribution in [3.05, 3.63) is 87.9 Å². The molecule has 0 aromatic heterocycles. The zero-order chi connectivity index (χ0) is 15.2. The molecule has 0 spiro atoms. The lowest BCUT2D eigenvalue weighted by molar-refractivity contribution is 0.103. The van der Waals surface area contributed by atoms with Gasteiger partial charge in [0.05, 0.1) is 0 Å². The van der Waals surface area contributed by atoms with Gasteiger partial charge in [0.15, 0.2) is 5.78 Å². The number of ketones is 1. The van der Waals surface area contributed by atoms with E-state index in [-0.39, 0.29) is 5.78 Å². The Morgan fingerprint density at radius 1 is 1.00 bits per heavy atom. The topological polar surface area (TPSA) is 17.1 Å². The first-order valence-electron chi connectivity index (χ1n) is 6.82. The Labute approximate surface area is 134 Å². The fraction of sp³-hybridized carbons (Fsp3) is 0.105. The second kappa shape index (κ2) is 7.19. The van der Waals surface area contributed by atoms with Crippen molar-refractivity contribution in [2.24, 2.45) is 0 Å². The third-order valence-corrected chi connectivity index (χ3v) is 3.73. The van der Waals surface area contributed by atoms with E-state index in [2.05, 4.69) is 15.9 Å². The van der Waals surface area contributed by atoms with E-state index in [1.54, 1.807) is 0 Å². The first-order chi connectivity index (χ1) is 10.1. The molecule has 0 aliphatic heterocycles. The van der Waals surface area contributed by atoms with Gasteiger partial charge in [0.1, 0.15) is 0 Å². The normalized spacial score (nSPS) is 12.3. The summed E-state index contributed by atoms with van der Waals surface area (Å²) in [5.41, 5.74) is 3.58. The first kappa shape index (κ1) is 15.5. The third kappa shape index (κ3) is 4.02. The zero-order valence-electron chi connectivity index (χ0n) is 12.1. The molecule has 0 bridgehead atoms. The molecule has 0 fully saturated rings. The second-order valence-corrected chi connectivity index (χ2v) is 5.69. The summed E-state index contributed by atoms with van der Waals surface area (Å²) in [4.78, 5) is 12.4. The van der Waals surface area contributed by atoms with Gasteiger partial charge in [0.25, 0.3) is 0 Å². The van der Waals surface area contributed by atoms with E-state index in [1.807, 2.05) is 80.6 Å². The van der Waals surface area contributed by atoms with Crippen LogP contribution < -0.4 is 0 Å². The maximum absolute atomic E-state index is 12.4. The highest BCUT2D eigenvalue weighted by atomic mass is 79.9. The molecule has 0 N–H and O–H groups in total. The van der Waals surface area contributed by atoms with Gasteiger partial charge in [0.2, 0.25) is 0 Å². The summed E-state index contributed by atoms with van der Waals surface area (Å²) in [6.07, 6.45) is 3.96. The van der Waals surface area contributed by atoms with Crippen molar-refractivity contribution in [3.8, 4) is 0 Å². The Kier molecular flexibility index (Phi) is 5.29. The van der Waals surface area contributed by atoms with E-state index in [1.165, 1.54) is 0 Å². The monoisotopic (exact) mass is 340 g/mol. The van der Waals surface area contributed by atoms with E-state index in [9.17, 15) is 4.79 Å². The molecular formula is C19H17BrO. The largest absolute Gasteiger partial charge is 0.289 e. The number of allylic oxidation sites excluding steroid dienone is 4. The van der Waals surface area contributed by atoms with E-state index >= 15 is 0 Å². The summed E-state index contributed by atoms with van der Waals surface area (Å²) in [7, 11) is 0. The zero-order valence-corrected chi connectivity index (χ0v) is 13.7. The van der Waals surface area contributed by atoms with Crippen molar-refractivity contribution >= 4 is 27.3 Å². The van der Waals surface area contributed by atoms with E-state index < -0.39 is 0 Å². The minimum Gasteiger partial charge on any atom is -0.289 e. The molecule has 0 aliphatic rings. The molecule has 0 unspecified atom stereocenters. The molecule has 0 atom stereocenters. The quantitative estimate of drug-likeness (QED) is 0.397. The first-order valence-corrected chi connectivity index (χ1v) is 7.61. The van der Waals surface area contributed by atoms with Gasteiger partial charge in [-0.2, -0.15) is 0 Å². The van der Waals surface area contributed by atoms with Crippen molar-refractivity contribution < 1.29 is 4.79 Å². The van der Waals surface area contributed by atoms with Crippen molar-refractivity contribution in [2.45, 2.75) is 13.8 Å². The standard InChI is InChI=1S/C19H17BrO/c1-3-15(17-10-7-11-18(20)13-17)12-14(2)19(21)16-8-5-4-6-9-16/h3-13H,1-2H3/b14-12+,15-3+. The van der Waals surface area contributed by atoms with Crippen molar-refractivity contribution in [2.75, 3.05) is 0 Å². The highest BCUT2D eigenvalue weighted by molar-refractivity contribution is 9.10. The van der Waals surface area contributed by atoms with Gasteiger partial charge in [-0.1, -0.05) is 64.5 Å². The van der Waals surface area contributed by atoms with Gasteiger partial charge in [0, 0.05) is 10.0 Å². The van der Waals surface area contributed by atoms with Crippen molar-refractivity contribution in [3.63, 3.8) is 0 Å². The minimum absolute atomic E-state index is 0.0601. The van der Waals surface area contributed by atoms with Gasteiger partial charge in [-0.3, -0.25) is 4.79 Å². The average molecular weight is 341 g/mol. The lowest BCUT2D eigenvalue weighted by atomic mass is 9.99. The van der Waals surface area contributed by atoms with Crippen LogP contribution in [0, 0.1) is 0 Å². The number of hydrogen-bond donors (Lipinski definition) is 0. The second-order valence-electron chi connectivity index (χ2n) is 4.78. The van der Waals surface area contributed by atoms with Crippen LogP contribution in [0.2, 0.25) is 0 Å². The van der Waals surface area contributed by atoms with E-state index in [0.29, 0.717) is 0 Å². The number of carbonyl (C=O) groups is 1. The summed E-state index contributed by atoms with van der Waals surface area (Å²) in [6, 6.07) is 17.4. The van der Waals surface area contributed by atoms with E-state index in [4.69, 9.17) is 0 Å². The van der Waals surface area contributed by atoms with Crippen LogP contribution in [0.1, 0.15) is 29.8 Å². The summed E-state index contributed by atoms with van der Waals surface area (Å²) >= 11 is 3.48. The highest BCUT2D eigenvalue weighted by Crippen LogP contribution is 2.22. The summed E-state index contributed by atoms with van der Waals surface area (Å²) < 4.78 is 1.03. The van der Waals surface area contributed by atoms with Crippen molar-refractivity contribution in [1.82, 2.24) is 0 Å². The smallest absolute Gasteiger partial charge is 0.188 e. The van der Waals surface area contributed by atoms with Crippen LogP contribution in [0.25, 0.3) is 5.57 Å². The molecule has 0 radical (unpaired) electrons. The fourth-order valence-electron chi connectivity index (χ4n) is 2.12. The third-order valence-electron chi connectivity index (χ3n) is 3.24. The van der Waals surface area contributed by atoms with Gasteiger partial charge < -0.3 is 0 Å². The van der Waals surface area contributed by atoms with Crippen LogP contribution in [0.3, 0.4) is 0 Å². The van der Waals surface area contributed by atoms with Crippen LogP contribution in [0.15, 0.2) is 76.8 Å². The molecule has 0 heterocycles. The molecule has 0 aliphatic carbocycles. The number of halogens is 1. The average Bonchev–Trinajstić information content (AvgIpc) is 2.52. The molecule has 2 rings (SSSR count). The molecule has 0 amide bonds. The Morgan fingerprint density at radius 3 is 2.29 bits per heavy atom. The lowest BCUT2D eigenvalue weighted by Gasteiger charge is -2.06. The SMILES string of the molecule is C/C=C(\C=C(/C)C(=O)c1ccccc1)c1cccc(Br)c1. The van der Waals surface area contributed by atoms with Crippen molar-refractivity contribution in [1.29, 1.82) is 0 Å². The van der Waals surface area contributed by atoms with Gasteiger partial charge in [-0.05, 0) is 48.8 Å². The van der Waals surface area contributed by atoms with Crippen LogP contribution in [-0.4, -0.2) is 5.78 Å². The van der Waals surface area contributed by atoms with Gasteiger partial charge in [-0.15, -0.1) is 0 Å². The number of hydrogen-bond acceptors (Lipinski definition) is 1. The molecule has 1 nitrogen and oxygen atoms in total. The summed E-state index contributed by atoms with van der Waals surface area (Å²) in [5.74, 6) is 0.0601. The Bertz CT molecular complexity index is 697. The summed E-state index contributed by atoms with van der Waals surface area (Å²) in [6.45, 7) is 3.84. The number of carbonyl (C=O) groups excluding carboxylic acids is 1. The molecular weight excluding hydrogens is 324 g/mol. The minimum atomic E-state index is 0.0601. The summed E-state index contributed by atoms with van der Waals surface area (Å²) in [5, 5.41) is 0. The Hall–Kier alpha value is -1.93. The fourth-order valence-corrected chi connectivity index (χ4v) is 2.52. The maximum Gasteiger partial charge on any atom is 0.188 e. The molecule has 0 saturated heterocycles. The number of Topliss-reactive ketones (excluding diaryl/α,β-unsaturated/α-hetero) is 1. The molecule has 2 heteroatoms. The molecule has 2 aromatic rings. The molecule has 0 saturated carbocycles. The molecule has 2 aromatic carbocycles. The van der Waals surface area contributed by atoms with Gasteiger partial charge in [-0.25, -0.2) is 0 Å². The maximum atomic E-state index is 12.4. The predicted molar refractivity (Wildman–Crippen MR) is 92.3 cm³/mol.